The number of nitrogens with two attached hydrogens (primary N) is 1. The fourth-order valence-corrected chi connectivity index (χ4v) is 4.31. The zero-order valence-electron chi connectivity index (χ0n) is 20.5. The number of nitrogen functional groups attached to an aromatic ring is 1. The minimum atomic E-state index is -4.28. The first kappa shape index (κ1) is 24.5. The lowest BCUT2D eigenvalue weighted by atomic mass is 9.81. The van der Waals surface area contributed by atoms with Gasteiger partial charge in [-0.3, -0.25) is 9.48 Å². The van der Waals surface area contributed by atoms with Gasteiger partial charge < -0.3 is 11.1 Å². The number of aryl methyl sites for hydroxylation is 2. The van der Waals surface area contributed by atoms with Gasteiger partial charge in [-0.1, -0.05) is 5.21 Å². The number of fused-ring (bicyclic) bond motifs is 2. The third-order valence-electron chi connectivity index (χ3n) is 6.39. The molecule has 0 bridgehead atoms. The summed E-state index contributed by atoms with van der Waals surface area (Å²) in [4.78, 5) is 31.0. The molecule has 3 N–H and O–H groups in total. The second-order valence-electron chi connectivity index (χ2n) is 9.38. The van der Waals surface area contributed by atoms with Gasteiger partial charge in [0.25, 0.3) is 0 Å². The summed E-state index contributed by atoms with van der Waals surface area (Å²) >= 11 is 0. The van der Waals surface area contributed by atoms with E-state index in [0.717, 1.165) is 0 Å². The first-order chi connectivity index (χ1) is 17.4. The van der Waals surface area contributed by atoms with Gasteiger partial charge in [0.1, 0.15) is 34.3 Å². The second-order valence-corrected chi connectivity index (χ2v) is 9.38. The molecule has 0 aromatic carbocycles. The highest BCUT2D eigenvalue weighted by Gasteiger charge is 2.49. The Bertz CT molecular complexity index is 1520. The number of hydrogen-bond acceptors (Lipinski definition) is 9. The molecule has 5 heterocycles. The third-order valence-corrected chi connectivity index (χ3v) is 6.39. The van der Waals surface area contributed by atoms with E-state index in [1.807, 2.05) is 13.8 Å². The molecule has 0 spiro atoms. The quantitative estimate of drug-likeness (QED) is 0.394. The Kier molecular flexibility index (Phi) is 5.60. The van der Waals surface area contributed by atoms with Gasteiger partial charge in [-0.05, 0) is 27.2 Å². The summed E-state index contributed by atoms with van der Waals surface area (Å²) in [6.07, 6.45) is -2.21. The van der Waals surface area contributed by atoms with Crippen molar-refractivity contribution >= 4 is 28.6 Å². The Morgan fingerprint density at radius 2 is 1.95 bits per heavy atom. The highest BCUT2D eigenvalue weighted by Crippen LogP contribution is 2.44. The largest absolute Gasteiger partial charge is 0.389 e. The lowest BCUT2D eigenvalue weighted by molar-refractivity contribution is -0.135. The molecule has 1 unspecified atom stereocenters. The van der Waals surface area contributed by atoms with E-state index in [1.54, 1.807) is 24.9 Å². The number of nitrogens with zero attached hydrogens (tertiary/aromatic N) is 9. The highest BCUT2D eigenvalue weighted by molar-refractivity contribution is 6.09. The van der Waals surface area contributed by atoms with Crippen molar-refractivity contribution in [2.45, 2.75) is 57.7 Å². The minimum absolute atomic E-state index is 0.00559. The summed E-state index contributed by atoms with van der Waals surface area (Å²) in [5.74, 6) is 0.123. The molecule has 15 heteroatoms. The van der Waals surface area contributed by atoms with Crippen LogP contribution in [0.3, 0.4) is 0 Å². The van der Waals surface area contributed by atoms with Crippen molar-refractivity contribution < 1.29 is 18.0 Å². The van der Waals surface area contributed by atoms with E-state index in [4.69, 9.17) is 5.73 Å². The first-order valence-corrected chi connectivity index (χ1v) is 11.6. The van der Waals surface area contributed by atoms with E-state index in [-0.39, 0.29) is 47.9 Å². The molecular weight excluding hydrogens is 491 g/mol. The number of carbonyl (C=O) groups is 1. The zero-order chi connectivity index (χ0) is 26.7. The molecule has 5 rings (SSSR count). The molecule has 1 atom stereocenters. The summed E-state index contributed by atoms with van der Waals surface area (Å²) in [6.45, 7) is 5.54. The van der Waals surface area contributed by atoms with Crippen LogP contribution in [0.2, 0.25) is 0 Å². The number of carbonyl (C=O) groups excluding carboxylic acids is 1. The molecule has 4 aromatic rings. The maximum absolute atomic E-state index is 13.2. The van der Waals surface area contributed by atoms with Crippen LogP contribution in [0.25, 0.3) is 22.6 Å². The van der Waals surface area contributed by atoms with E-state index in [0.29, 0.717) is 22.3 Å². The third kappa shape index (κ3) is 4.13. The topological polar surface area (TPSA) is 155 Å². The molecule has 12 nitrogen and oxygen atoms in total. The summed E-state index contributed by atoms with van der Waals surface area (Å²) in [5.41, 5.74) is 6.52. The van der Waals surface area contributed by atoms with Crippen LogP contribution >= 0.6 is 0 Å². The molecular formula is C22H24F3N11O. The number of anilines is 2. The van der Waals surface area contributed by atoms with Crippen LogP contribution in [-0.4, -0.2) is 56.8 Å². The number of nitrogens with one attached hydrogen (secondary N) is 1. The average molecular weight is 516 g/mol. The maximum atomic E-state index is 13.2. The molecule has 194 valence electrons. The molecule has 1 aliphatic rings. The van der Waals surface area contributed by atoms with Gasteiger partial charge in [-0.15, -0.1) is 5.10 Å². The average Bonchev–Trinajstić information content (AvgIpc) is 3.51. The van der Waals surface area contributed by atoms with Crippen molar-refractivity contribution in [3.8, 4) is 11.5 Å². The summed E-state index contributed by atoms with van der Waals surface area (Å²) in [7, 11) is 1.66. The number of amides is 1. The maximum Gasteiger partial charge on any atom is 0.389 e. The van der Waals surface area contributed by atoms with Gasteiger partial charge >= 0.3 is 6.18 Å². The monoisotopic (exact) mass is 515 g/mol. The van der Waals surface area contributed by atoms with Gasteiger partial charge in [-0.2, -0.15) is 18.3 Å². The second kappa shape index (κ2) is 8.45. The van der Waals surface area contributed by atoms with Crippen LogP contribution in [0.1, 0.15) is 56.7 Å². The van der Waals surface area contributed by atoms with Crippen molar-refractivity contribution in [1.82, 2.24) is 44.7 Å². The van der Waals surface area contributed by atoms with E-state index < -0.39 is 23.9 Å². The van der Waals surface area contributed by atoms with Crippen LogP contribution in [0, 0.1) is 0 Å². The van der Waals surface area contributed by atoms with Crippen molar-refractivity contribution in [3.63, 3.8) is 0 Å². The van der Waals surface area contributed by atoms with Gasteiger partial charge in [0.15, 0.2) is 11.5 Å². The predicted molar refractivity (Wildman–Crippen MR) is 126 cm³/mol. The fraction of sp³-hybridized carbons (Fsp3) is 0.455. The van der Waals surface area contributed by atoms with Crippen molar-refractivity contribution in [2.24, 2.45) is 7.05 Å². The first-order valence-electron chi connectivity index (χ1n) is 11.6. The zero-order valence-corrected chi connectivity index (χ0v) is 20.5. The number of hydrogen-bond donors (Lipinski definition) is 2. The van der Waals surface area contributed by atoms with E-state index >= 15 is 0 Å². The predicted octanol–water partition coefficient (Wildman–Crippen LogP) is 2.72. The van der Waals surface area contributed by atoms with Gasteiger partial charge in [-0.25, -0.2) is 24.6 Å². The number of rotatable bonds is 6. The Balaban J connectivity index is 1.59. The fourth-order valence-electron chi connectivity index (χ4n) is 4.31. The molecule has 0 radical (unpaired) electrons. The van der Waals surface area contributed by atoms with Crippen LogP contribution in [0.15, 0.2) is 12.4 Å². The molecule has 0 aliphatic carbocycles. The summed E-state index contributed by atoms with van der Waals surface area (Å²) in [6, 6.07) is 0.0368. The van der Waals surface area contributed by atoms with Crippen LogP contribution in [0.5, 0.6) is 0 Å². The highest BCUT2D eigenvalue weighted by atomic mass is 19.4. The molecule has 0 saturated carbocycles. The lowest BCUT2D eigenvalue weighted by Crippen LogP contribution is -2.33. The molecule has 0 saturated heterocycles. The Morgan fingerprint density at radius 1 is 1.19 bits per heavy atom. The Hall–Kier alpha value is -4.17. The molecule has 0 fully saturated rings. The molecule has 37 heavy (non-hydrogen) atoms. The van der Waals surface area contributed by atoms with Gasteiger partial charge in [0, 0.05) is 25.9 Å². The van der Waals surface area contributed by atoms with E-state index in [2.05, 4.69) is 40.7 Å². The molecule has 4 aromatic heterocycles. The standard InChI is InChI=1S/C22H24F3N11O/c1-10(2)36-9-12(33-34-36)21(3)14-16(26)30-18(31-17(14)32-20(21)37)15-11-8-27-35(4)19(11)29-13(28-15)6-5-7-22(23,24)25/h8-10H,5-7H2,1-4H3,(H3,26,30,31,32,37). The van der Waals surface area contributed by atoms with E-state index in [1.165, 1.54) is 10.9 Å². The van der Waals surface area contributed by atoms with Crippen LogP contribution < -0.4 is 11.1 Å². The van der Waals surface area contributed by atoms with Gasteiger partial charge in [0.2, 0.25) is 5.91 Å². The molecule has 1 amide bonds. The van der Waals surface area contributed by atoms with Crippen LogP contribution in [-0.2, 0) is 23.7 Å². The summed E-state index contributed by atoms with van der Waals surface area (Å²) < 4.78 is 41.1. The minimum Gasteiger partial charge on any atom is -0.383 e. The Labute approximate surface area is 208 Å². The molecule has 1 aliphatic heterocycles. The number of alkyl halides is 3. The summed E-state index contributed by atoms with van der Waals surface area (Å²) in [5, 5.41) is 15.7. The normalized spacial score (nSPS) is 17.6. The Morgan fingerprint density at radius 3 is 2.62 bits per heavy atom. The van der Waals surface area contributed by atoms with Crippen molar-refractivity contribution in [3.05, 3.63) is 29.5 Å². The van der Waals surface area contributed by atoms with Crippen LogP contribution in [0.4, 0.5) is 24.8 Å². The number of aromatic nitrogens is 9. The van der Waals surface area contributed by atoms with Gasteiger partial charge in [0.05, 0.1) is 23.3 Å². The van der Waals surface area contributed by atoms with Crippen molar-refractivity contribution in [1.29, 1.82) is 0 Å². The SMILES string of the molecule is CC(C)n1cc(C2(C)C(=O)Nc3nc(-c4nc(CCCC(F)(F)F)nc5c4cnn5C)nc(N)c32)nn1. The number of halogens is 3. The lowest BCUT2D eigenvalue weighted by Gasteiger charge is -2.20. The van der Waals surface area contributed by atoms with E-state index in [9.17, 15) is 18.0 Å². The smallest absolute Gasteiger partial charge is 0.383 e. The van der Waals surface area contributed by atoms with Crippen molar-refractivity contribution in [2.75, 3.05) is 11.1 Å².